The number of unbranched alkanes of at least 4 members (excludes halogenated alkanes) is 1. The number of guanidine groups is 1. The number of nitrogens with one attached hydrogen (secondary N) is 1. The van der Waals surface area contributed by atoms with E-state index in [0.717, 1.165) is 62.4 Å². The Labute approximate surface area is 162 Å². The molecule has 0 aliphatic carbocycles. The summed E-state index contributed by atoms with van der Waals surface area (Å²) in [5.74, 6) is 0.927. The molecule has 0 atom stereocenters. The molecule has 0 fully saturated rings. The van der Waals surface area contributed by atoms with Crippen molar-refractivity contribution in [3.05, 3.63) is 23.0 Å². The van der Waals surface area contributed by atoms with Gasteiger partial charge in [-0.2, -0.15) is 0 Å². The number of hydrogen-bond acceptors (Lipinski definition) is 2. The van der Waals surface area contributed by atoms with Gasteiger partial charge in [0.15, 0.2) is 5.96 Å². The largest absolute Gasteiger partial charge is 0.382 e. The van der Waals surface area contributed by atoms with Crippen LogP contribution < -0.4 is 5.32 Å². The highest BCUT2D eigenvalue weighted by Gasteiger charge is 2.09. The third-order valence-electron chi connectivity index (χ3n) is 3.33. The lowest BCUT2D eigenvalue weighted by atomic mass is 10.3. The summed E-state index contributed by atoms with van der Waals surface area (Å²) in [7, 11) is 4.05. The number of ether oxygens (including phenoxy) is 1. The van der Waals surface area contributed by atoms with Gasteiger partial charge in [0.1, 0.15) is 0 Å². The van der Waals surface area contributed by atoms with Crippen molar-refractivity contribution in [1.82, 2.24) is 14.8 Å². The highest BCUT2D eigenvalue weighted by molar-refractivity contribution is 14.0. The predicted octanol–water partition coefficient (Wildman–Crippen LogP) is 3.51. The number of halogens is 2. The van der Waals surface area contributed by atoms with Crippen LogP contribution in [0.2, 0.25) is 5.02 Å². The highest BCUT2D eigenvalue weighted by Crippen LogP contribution is 2.14. The third-order valence-corrected chi connectivity index (χ3v) is 3.54. The predicted molar refractivity (Wildman–Crippen MR) is 109 cm³/mol. The Hall–Kier alpha value is -0.470. The Kier molecular flexibility index (Phi) is 12.6. The Morgan fingerprint density at radius 2 is 2.13 bits per heavy atom. The summed E-state index contributed by atoms with van der Waals surface area (Å²) in [6, 6.07) is 1.99. The maximum absolute atomic E-state index is 6.04. The molecule has 1 aromatic heterocycles. The van der Waals surface area contributed by atoms with Crippen LogP contribution in [0.4, 0.5) is 0 Å². The van der Waals surface area contributed by atoms with E-state index >= 15 is 0 Å². The summed E-state index contributed by atoms with van der Waals surface area (Å²) in [6.45, 7) is 8.15. The lowest BCUT2D eigenvalue weighted by molar-refractivity contribution is 0.144. The van der Waals surface area contributed by atoms with Crippen LogP contribution in [-0.4, -0.2) is 48.8 Å². The molecule has 7 heteroatoms. The van der Waals surface area contributed by atoms with Gasteiger partial charge < -0.3 is 19.5 Å². The quantitative estimate of drug-likeness (QED) is 0.268. The SMILES string of the molecule is CCNC(=NCCCCOCC)N(C)Cc1cc(Cl)cn1C.I. The lowest BCUT2D eigenvalue weighted by Gasteiger charge is -2.22. The molecule has 0 aromatic carbocycles. The van der Waals surface area contributed by atoms with Crippen molar-refractivity contribution in [1.29, 1.82) is 0 Å². The second-order valence-electron chi connectivity index (χ2n) is 5.26. The van der Waals surface area contributed by atoms with E-state index in [2.05, 4.69) is 22.1 Å². The molecule has 1 aromatic rings. The van der Waals surface area contributed by atoms with Crippen LogP contribution in [0.25, 0.3) is 0 Å². The second-order valence-corrected chi connectivity index (χ2v) is 5.69. The molecule has 0 aliphatic heterocycles. The summed E-state index contributed by atoms with van der Waals surface area (Å²) in [4.78, 5) is 6.80. The third kappa shape index (κ3) is 8.81. The molecular formula is C16H30ClIN4O. The molecule has 0 saturated heterocycles. The van der Waals surface area contributed by atoms with Gasteiger partial charge in [0, 0.05) is 52.3 Å². The average Bonchev–Trinajstić information content (AvgIpc) is 2.79. The summed E-state index contributed by atoms with van der Waals surface area (Å²) in [5, 5.41) is 4.10. The van der Waals surface area contributed by atoms with Crippen molar-refractivity contribution in [2.45, 2.75) is 33.2 Å². The zero-order valence-electron chi connectivity index (χ0n) is 14.6. The molecule has 23 heavy (non-hydrogen) atoms. The monoisotopic (exact) mass is 456 g/mol. The van der Waals surface area contributed by atoms with E-state index in [9.17, 15) is 0 Å². The average molecular weight is 457 g/mol. The van der Waals surface area contributed by atoms with Gasteiger partial charge in [-0.25, -0.2) is 0 Å². The standard InChI is InChI=1S/C16H29ClN4O.HI/c1-5-18-16(19-9-7-8-10-22-6-2)21(4)13-15-11-14(17)12-20(15)3;/h11-12H,5-10,13H2,1-4H3,(H,18,19);1H. The first-order valence-electron chi connectivity index (χ1n) is 7.96. The lowest BCUT2D eigenvalue weighted by Crippen LogP contribution is -2.38. The number of aromatic nitrogens is 1. The minimum atomic E-state index is 0. The van der Waals surface area contributed by atoms with E-state index in [1.165, 1.54) is 0 Å². The zero-order chi connectivity index (χ0) is 16.4. The van der Waals surface area contributed by atoms with Crippen molar-refractivity contribution < 1.29 is 4.74 Å². The number of aliphatic imine (C=N–C) groups is 1. The first-order chi connectivity index (χ1) is 10.6. The van der Waals surface area contributed by atoms with Crippen molar-refractivity contribution in [3.63, 3.8) is 0 Å². The fraction of sp³-hybridized carbons (Fsp3) is 0.688. The van der Waals surface area contributed by atoms with Gasteiger partial charge in [0.25, 0.3) is 0 Å². The summed E-state index contributed by atoms with van der Waals surface area (Å²) in [6.07, 6.45) is 4.01. The van der Waals surface area contributed by atoms with Crippen molar-refractivity contribution >= 4 is 41.5 Å². The van der Waals surface area contributed by atoms with Crippen LogP contribution in [-0.2, 0) is 18.3 Å². The highest BCUT2D eigenvalue weighted by atomic mass is 127. The number of rotatable bonds is 9. The van der Waals surface area contributed by atoms with Crippen molar-refractivity contribution in [2.24, 2.45) is 12.0 Å². The van der Waals surface area contributed by atoms with Crippen LogP contribution in [0.5, 0.6) is 0 Å². The molecular weight excluding hydrogens is 427 g/mol. The van der Waals surface area contributed by atoms with Gasteiger partial charge in [-0.05, 0) is 32.8 Å². The van der Waals surface area contributed by atoms with Crippen molar-refractivity contribution in [2.75, 3.05) is 33.4 Å². The molecule has 1 heterocycles. The molecule has 0 saturated carbocycles. The fourth-order valence-corrected chi connectivity index (χ4v) is 2.43. The minimum absolute atomic E-state index is 0. The zero-order valence-corrected chi connectivity index (χ0v) is 17.7. The van der Waals surface area contributed by atoms with Crippen molar-refractivity contribution in [3.8, 4) is 0 Å². The van der Waals surface area contributed by atoms with Gasteiger partial charge in [0.2, 0.25) is 0 Å². The van der Waals surface area contributed by atoms with E-state index in [1.54, 1.807) is 0 Å². The maximum Gasteiger partial charge on any atom is 0.194 e. The van der Waals surface area contributed by atoms with Crippen LogP contribution >= 0.6 is 35.6 Å². The van der Waals surface area contributed by atoms with Gasteiger partial charge >= 0.3 is 0 Å². The number of nitrogens with zero attached hydrogens (tertiary/aromatic N) is 3. The molecule has 0 bridgehead atoms. The van der Waals surface area contributed by atoms with E-state index in [4.69, 9.17) is 16.3 Å². The maximum atomic E-state index is 6.04. The van der Waals surface area contributed by atoms with Gasteiger partial charge in [-0.1, -0.05) is 11.6 Å². The topological polar surface area (TPSA) is 41.8 Å². The molecule has 0 unspecified atom stereocenters. The first kappa shape index (κ1) is 22.5. The van der Waals surface area contributed by atoms with Crippen LogP contribution in [0, 0.1) is 0 Å². The Morgan fingerprint density at radius 3 is 2.70 bits per heavy atom. The van der Waals surface area contributed by atoms with E-state index in [1.807, 2.05) is 37.8 Å². The van der Waals surface area contributed by atoms with E-state index in [-0.39, 0.29) is 24.0 Å². The summed E-state index contributed by atoms with van der Waals surface area (Å²) < 4.78 is 7.39. The smallest absolute Gasteiger partial charge is 0.194 e. The van der Waals surface area contributed by atoms with Crippen LogP contribution in [0.1, 0.15) is 32.4 Å². The molecule has 5 nitrogen and oxygen atoms in total. The molecule has 1 N–H and O–H groups in total. The van der Waals surface area contributed by atoms with E-state index < -0.39 is 0 Å². The van der Waals surface area contributed by atoms with E-state index in [0.29, 0.717) is 0 Å². The number of hydrogen-bond donors (Lipinski definition) is 1. The molecule has 0 amide bonds. The van der Waals surface area contributed by atoms with Gasteiger partial charge in [0.05, 0.1) is 11.6 Å². The number of aryl methyl sites for hydroxylation is 1. The molecule has 0 spiro atoms. The van der Waals surface area contributed by atoms with Gasteiger partial charge in [-0.15, -0.1) is 24.0 Å². The summed E-state index contributed by atoms with van der Waals surface area (Å²) in [5.41, 5.74) is 1.16. The summed E-state index contributed by atoms with van der Waals surface area (Å²) >= 11 is 6.04. The molecule has 0 radical (unpaired) electrons. The first-order valence-corrected chi connectivity index (χ1v) is 8.34. The molecule has 0 aliphatic rings. The minimum Gasteiger partial charge on any atom is -0.382 e. The van der Waals surface area contributed by atoms with Crippen LogP contribution in [0.3, 0.4) is 0 Å². The Morgan fingerprint density at radius 1 is 1.39 bits per heavy atom. The Bertz CT molecular complexity index is 465. The molecule has 134 valence electrons. The normalized spacial score (nSPS) is 11.3. The fourth-order valence-electron chi connectivity index (χ4n) is 2.16. The second kappa shape index (κ2) is 12.9. The van der Waals surface area contributed by atoms with Crippen LogP contribution in [0.15, 0.2) is 17.3 Å². The Balaban J connectivity index is 0.00000484. The molecule has 1 rings (SSSR count). The van der Waals surface area contributed by atoms with Gasteiger partial charge in [-0.3, -0.25) is 4.99 Å².